The summed E-state index contributed by atoms with van der Waals surface area (Å²) in [5.74, 6) is 0.701. The van der Waals surface area contributed by atoms with Gasteiger partial charge in [0.2, 0.25) is 0 Å². The topological polar surface area (TPSA) is 38.0 Å². The summed E-state index contributed by atoms with van der Waals surface area (Å²) in [6.45, 7) is 2.23. The molecule has 2 rings (SSSR count). The molecule has 1 heterocycles. The van der Waals surface area contributed by atoms with Crippen LogP contribution >= 0.6 is 0 Å². The molecule has 1 aromatic rings. The van der Waals surface area contributed by atoms with Crippen molar-refractivity contribution in [1.29, 1.82) is 0 Å². The van der Waals surface area contributed by atoms with E-state index in [1.807, 2.05) is 18.7 Å². The van der Waals surface area contributed by atoms with Crippen LogP contribution in [-0.2, 0) is 0 Å². The lowest BCUT2D eigenvalue weighted by molar-refractivity contribution is 0.0713. The highest BCUT2D eigenvalue weighted by Gasteiger charge is 2.29. The van der Waals surface area contributed by atoms with Crippen molar-refractivity contribution in [1.82, 2.24) is 9.55 Å². The van der Waals surface area contributed by atoms with Gasteiger partial charge in [0.15, 0.2) is 0 Å². The number of aliphatic hydroxyl groups is 1. The van der Waals surface area contributed by atoms with Crippen molar-refractivity contribution >= 4 is 0 Å². The molecule has 1 saturated carbocycles. The van der Waals surface area contributed by atoms with Gasteiger partial charge in [-0.2, -0.15) is 0 Å². The molecule has 1 aliphatic rings. The van der Waals surface area contributed by atoms with Gasteiger partial charge in [0, 0.05) is 18.4 Å². The molecule has 3 atom stereocenters. The number of nitrogens with zero attached hydrogens (tertiary/aromatic N) is 2. The van der Waals surface area contributed by atoms with Crippen LogP contribution in [0.25, 0.3) is 0 Å². The maximum Gasteiger partial charge on any atom is 0.0948 e. The summed E-state index contributed by atoms with van der Waals surface area (Å²) >= 11 is 0. The molecule has 1 aliphatic carbocycles. The summed E-state index contributed by atoms with van der Waals surface area (Å²) < 4.78 is 2.15. The zero-order valence-corrected chi connectivity index (χ0v) is 8.63. The Hall–Kier alpha value is -0.830. The Morgan fingerprint density at radius 2 is 2.36 bits per heavy atom. The Morgan fingerprint density at radius 1 is 1.50 bits per heavy atom. The lowest BCUT2D eigenvalue weighted by Gasteiger charge is -2.34. The van der Waals surface area contributed by atoms with Gasteiger partial charge >= 0.3 is 0 Å². The first-order valence-corrected chi connectivity index (χ1v) is 5.46. The van der Waals surface area contributed by atoms with Crippen molar-refractivity contribution in [3.05, 3.63) is 18.7 Å². The van der Waals surface area contributed by atoms with E-state index in [2.05, 4.69) is 16.5 Å². The molecule has 3 nitrogen and oxygen atoms in total. The van der Waals surface area contributed by atoms with Crippen molar-refractivity contribution in [2.24, 2.45) is 5.92 Å². The Labute approximate surface area is 84.8 Å². The van der Waals surface area contributed by atoms with Crippen molar-refractivity contribution in [3.63, 3.8) is 0 Å². The van der Waals surface area contributed by atoms with Gasteiger partial charge in [-0.25, -0.2) is 4.98 Å². The Morgan fingerprint density at radius 3 is 3.00 bits per heavy atom. The summed E-state index contributed by atoms with van der Waals surface area (Å²) in [6.07, 6.45) is 9.74. The first-order valence-electron chi connectivity index (χ1n) is 5.46. The molecule has 0 bridgehead atoms. The normalized spacial score (nSPS) is 33.1. The van der Waals surface area contributed by atoms with E-state index in [1.54, 1.807) is 0 Å². The minimum Gasteiger partial charge on any atom is -0.393 e. The smallest absolute Gasteiger partial charge is 0.0948 e. The van der Waals surface area contributed by atoms with E-state index in [1.165, 1.54) is 6.42 Å². The molecular formula is C11H18N2O. The molecule has 0 aliphatic heterocycles. The molecule has 0 amide bonds. The summed E-state index contributed by atoms with van der Waals surface area (Å²) in [5.41, 5.74) is 0. The zero-order valence-electron chi connectivity index (χ0n) is 8.63. The number of hydrogen-bond acceptors (Lipinski definition) is 2. The van der Waals surface area contributed by atoms with Crippen LogP contribution in [0.5, 0.6) is 0 Å². The maximum atomic E-state index is 9.66. The lowest BCUT2D eigenvalue weighted by Crippen LogP contribution is -2.29. The van der Waals surface area contributed by atoms with Crippen LogP contribution in [0, 0.1) is 5.92 Å². The number of hydrogen-bond donors (Lipinski definition) is 1. The number of aliphatic hydroxyl groups excluding tert-OH is 1. The van der Waals surface area contributed by atoms with Crippen LogP contribution in [0.15, 0.2) is 18.7 Å². The third-order valence-electron chi connectivity index (χ3n) is 3.36. The first-order chi connectivity index (χ1) is 6.81. The zero-order chi connectivity index (χ0) is 9.97. The van der Waals surface area contributed by atoms with E-state index in [0.29, 0.717) is 12.0 Å². The van der Waals surface area contributed by atoms with Gasteiger partial charge in [-0.1, -0.05) is 13.3 Å². The van der Waals surface area contributed by atoms with Crippen LogP contribution in [0.1, 0.15) is 38.6 Å². The summed E-state index contributed by atoms with van der Waals surface area (Å²) in [7, 11) is 0. The predicted octanol–water partition coefficient (Wildman–Crippen LogP) is 2.00. The van der Waals surface area contributed by atoms with Crippen LogP contribution in [0.3, 0.4) is 0 Å². The van der Waals surface area contributed by atoms with Gasteiger partial charge in [0.05, 0.1) is 12.4 Å². The highest BCUT2D eigenvalue weighted by molar-refractivity contribution is 4.88. The highest BCUT2D eigenvalue weighted by Crippen LogP contribution is 2.35. The first kappa shape index (κ1) is 9.71. The van der Waals surface area contributed by atoms with E-state index < -0.39 is 0 Å². The molecule has 14 heavy (non-hydrogen) atoms. The molecule has 1 aromatic heterocycles. The van der Waals surface area contributed by atoms with Gasteiger partial charge in [-0.15, -0.1) is 0 Å². The second-order valence-electron chi connectivity index (χ2n) is 4.21. The molecule has 1 N–H and O–H groups in total. The van der Waals surface area contributed by atoms with Gasteiger partial charge in [0.25, 0.3) is 0 Å². The van der Waals surface area contributed by atoms with E-state index in [-0.39, 0.29) is 6.10 Å². The standard InChI is InChI=1S/C11H18N2O/c1-2-9-3-4-10(14)7-11(9)13-6-5-12-8-13/h5-6,8-11,14H,2-4,7H2,1H3. The van der Waals surface area contributed by atoms with Crippen LogP contribution in [0.4, 0.5) is 0 Å². The van der Waals surface area contributed by atoms with Crippen LogP contribution < -0.4 is 0 Å². The quantitative estimate of drug-likeness (QED) is 0.782. The third-order valence-corrected chi connectivity index (χ3v) is 3.36. The molecular weight excluding hydrogens is 176 g/mol. The lowest BCUT2D eigenvalue weighted by atomic mass is 9.81. The Kier molecular flexibility index (Phi) is 2.87. The minimum absolute atomic E-state index is 0.120. The molecule has 0 radical (unpaired) electrons. The van der Waals surface area contributed by atoms with Crippen molar-refractivity contribution in [2.75, 3.05) is 0 Å². The summed E-state index contributed by atoms with van der Waals surface area (Å²) in [4.78, 5) is 4.07. The van der Waals surface area contributed by atoms with Crippen molar-refractivity contribution in [3.8, 4) is 0 Å². The molecule has 3 unspecified atom stereocenters. The second-order valence-corrected chi connectivity index (χ2v) is 4.21. The SMILES string of the molecule is CCC1CCC(O)CC1n1ccnc1. The second kappa shape index (κ2) is 4.13. The summed E-state index contributed by atoms with van der Waals surface area (Å²) in [6, 6.07) is 0.450. The maximum absolute atomic E-state index is 9.66. The fourth-order valence-corrected chi connectivity index (χ4v) is 2.49. The van der Waals surface area contributed by atoms with Crippen molar-refractivity contribution in [2.45, 2.75) is 44.8 Å². The molecule has 0 spiro atoms. The fraction of sp³-hybridized carbons (Fsp3) is 0.727. The van der Waals surface area contributed by atoms with Gasteiger partial charge in [0.1, 0.15) is 0 Å². The Balaban J connectivity index is 2.13. The van der Waals surface area contributed by atoms with Crippen LogP contribution in [0.2, 0.25) is 0 Å². The highest BCUT2D eigenvalue weighted by atomic mass is 16.3. The van der Waals surface area contributed by atoms with Crippen LogP contribution in [-0.4, -0.2) is 20.8 Å². The fourth-order valence-electron chi connectivity index (χ4n) is 2.49. The molecule has 1 fully saturated rings. The molecule has 3 heteroatoms. The monoisotopic (exact) mass is 194 g/mol. The van der Waals surface area contributed by atoms with Gasteiger partial charge < -0.3 is 9.67 Å². The minimum atomic E-state index is -0.120. The van der Waals surface area contributed by atoms with Gasteiger partial charge in [-0.05, 0) is 25.2 Å². The largest absolute Gasteiger partial charge is 0.393 e. The van der Waals surface area contributed by atoms with E-state index >= 15 is 0 Å². The van der Waals surface area contributed by atoms with Crippen molar-refractivity contribution < 1.29 is 5.11 Å². The van der Waals surface area contributed by atoms with Gasteiger partial charge in [-0.3, -0.25) is 0 Å². The Bertz CT molecular complexity index is 271. The molecule has 0 saturated heterocycles. The average Bonchev–Trinajstić information content (AvgIpc) is 2.70. The number of imidazole rings is 1. The molecule has 0 aromatic carbocycles. The van der Waals surface area contributed by atoms with E-state index in [9.17, 15) is 5.11 Å². The number of aromatic nitrogens is 2. The van der Waals surface area contributed by atoms with E-state index in [4.69, 9.17) is 0 Å². The number of rotatable bonds is 2. The third kappa shape index (κ3) is 1.82. The average molecular weight is 194 g/mol. The van der Waals surface area contributed by atoms with E-state index in [0.717, 1.165) is 19.3 Å². The predicted molar refractivity (Wildman–Crippen MR) is 54.9 cm³/mol. The molecule has 78 valence electrons. The summed E-state index contributed by atoms with van der Waals surface area (Å²) in [5, 5.41) is 9.66.